The van der Waals surface area contributed by atoms with Crippen molar-refractivity contribution >= 4 is 50.1 Å². The first-order chi connectivity index (χ1) is 15.9. The Kier molecular flexibility index (Phi) is 5.47. The lowest BCUT2D eigenvalue weighted by atomic mass is 10.1. The van der Waals surface area contributed by atoms with Gasteiger partial charge < -0.3 is 14.4 Å². The summed E-state index contributed by atoms with van der Waals surface area (Å²) < 4.78 is 11.8. The van der Waals surface area contributed by atoms with E-state index in [1.807, 2.05) is 31.1 Å². The van der Waals surface area contributed by atoms with E-state index >= 15 is 0 Å². The fraction of sp³-hybridized carbons (Fsp3) is 0.304. The van der Waals surface area contributed by atoms with Gasteiger partial charge in [0.25, 0.3) is 5.91 Å². The molecule has 5 rings (SSSR count). The molecule has 1 saturated heterocycles. The minimum atomic E-state index is -0.253. The van der Waals surface area contributed by atoms with Gasteiger partial charge in [0.15, 0.2) is 16.6 Å². The summed E-state index contributed by atoms with van der Waals surface area (Å²) in [5.41, 5.74) is 1.52. The van der Waals surface area contributed by atoms with Gasteiger partial charge in [-0.2, -0.15) is 0 Å². The third-order valence-electron chi connectivity index (χ3n) is 5.52. The van der Waals surface area contributed by atoms with E-state index in [1.54, 1.807) is 29.2 Å². The lowest BCUT2D eigenvalue weighted by Gasteiger charge is -2.22. The average molecular weight is 467 g/mol. The molecule has 2 aliphatic heterocycles. The van der Waals surface area contributed by atoms with Crippen LogP contribution in [-0.2, 0) is 9.59 Å². The lowest BCUT2D eigenvalue weighted by Crippen LogP contribution is -2.37. The Hall–Kier alpha value is -3.50. The van der Waals surface area contributed by atoms with Crippen molar-refractivity contribution in [2.45, 2.75) is 12.8 Å². The zero-order valence-corrected chi connectivity index (χ0v) is 19.1. The Balaban J connectivity index is 1.50. The standard InChI is InChI=1S/C23H22N4O5S/c1-25(2)8-9-26(23-24-16-11-17-18(32-13-31-17)12-19(16)33-23)22(30)14-4-3-5-15(10-14)27-20(28)6-7-21(27)29/h3-5,10-12H,6-9,13H2,1-2H3. The normalized spacial score (nSPS) is 15.2. The molecule has 3 aromatic rings. The summed E-state index contributed by atoms with van der Waals surface area (Å²) in [4.78, 5) is 47.4. The predicted molar refractivity (Wildman–Crippen MR) is 124 cm³/mol. The maximum atomic E-state index is 13.6. The van der Waals surface area contributed by atoms with Crippen molar-refractivity contribution in [3.05, 3.63) is 42.0 Å². The summed E-state index contributed by atoms with van der Waals surface area (Å²) in [6.07, 6.45) is 0.379. The van der Waals surface area contributed by atoms with Gasteiger partial charge in [-0.15, -0.1) is 0 Å². The van der Waals surface area contributed by atoms with Crippen molar-refractivity contribution in [3.8, 4) is 11.5 Å². The molecule has 0 unspecified atom stereocenters. The SMILES string of the molecule is CN(C)CCN(C(=O)c1cccc(N2C(=O)CCC2=O)c1)c1nc2cc3c(cc2s1)OCO3. The minimum absolute atomic E-state index is 0.186. The summed E-state index contributed by atoms with van der Waals surface area (Å²) in [6.45, 7) is 1.24. The average Bonchev–Trinajstić information content (AvgIpc) is 3.50. The molecule has 3 heterocycles. The van der Waals surface area contributed by atoms with Crippen molar-refractivity contribution in [1.29, 1.82) is 0 Å². The van der Waals surface area contributed by atoms with Gasteiger partial charge in [0.05, 0.1) is 15.9 Å². The fourth-order valence-corrected chi connectivity index (χ4v) is 4.80. The number of fused-ring (bicyclic) bond motifs is 2. The molecule has 33 heavy (non-hydrogen) atoms. The van der Waals surface area contributed by atoms with Crippen LogP contribution >= 0.6 is 11.3 Å². The molecular weight excluding hydrogens is 444 g/mol. The van der Waals surface area contributed by atoms with Crippen LogP contribution in [0.4, 0.5) is 10.8 Å². The van der Waals surface area contributed by atoms with Gasteiger partial charge in [-0.3, -0.25) is 24.2 Å². The number of aromatic nitrogens is 1. The first-order valence-electron chi connectivity index (χ1n) is 10.5. The van der Waals surface area contributed by atoms with E-state index in [0.29, 0.717) is 41.0 Å². The van der Waals surface area contributed by atoms with Crippen molar-refractivity contribution in [3.63, 3.8) is 0 Å². The molecule has 0 saturated carbocycles. The van der Waals surface area contributed by atoms with Crippen LogP contribution in [0.15, 0.2) is 36.4 Å². The zero-order valence-electron chi connectivity index (χ0n) is 18.2. The number of benzene rings is 2. The molecule has 2 aromatic carbocycles. The van der Waals surface area contributed by atoms with Gasteiger partial charge in [-0.1, -0.05) is 17.4 Å². The highest BCUT2D eigenvalue weighted by molar-refractivity contribution is 7.22. The Morgan fingerprint density at radius 1 is 1.06 bits per heavy atom. The van der Waals surface area contributed by atoms with Crippen LogP contribution in [-0.4, -0.2) is 61.6 Å². The van der Waals surface area contributed by atoms with Crippen LogP contribution < -0.4 is 19.3 Å². The molecule has 0 radical (unpaired) electrons. The lowest BCUT2D eigenvalue weighted by molar-refractivity contribution is -0.121. The van der Waals surface area contributed by atoms with Crippen LogP contribution in [0.5, 0.6) is 11.5 Å². The largest absolute Gasteiger partial charge is 0.454 e. The highest BCUT2D eigenvalue weighted by Gasteiger charge is 2.31. The molecule has 3 amide bonds. The highest BCUT2D eigenvalue weighted by atomic mass is 32.1. The number of imide groups is 1. The van der Waals surface area contributed by atoms with Crippen molar-refractivity contribution in [2.75, 3.05) is 43.8 Å². The number of anilines is 2. The van der Waals surface area contributed by atoms with E-state index < -0.39 is 0 Å². The van der Waals surface area contributed by atoms with Crippen molar-refractivity contribution < 1.29 is 23.9 Å². The number of rotatable bonds is 6. The summed E-state index contributed by atoms with van der Waals surface area (Å²) in [5.74, 6) is 0.544. The van der Waals surface area contributed by atoms with Crippen LogP contribution in [0.2, 0.25) is 0 Å². The molecule has 0 spiro atoms. The van der Waals surface area contributed by atoms with E-state index in [2.05, 4.69) is 4.98 Å². The molecule has 170 valence electrons. The number of hydrogen-bond donors (Lipinski definition) is 0. The molecule has 1 fully saturated rings. The fourth-order valence-electron chi connectivity index (χ4n) is 3.80. The molecule has 0 bridgehead atoms. The second-order valence-corrected chi connectivity index (χ2v) is 9.11. The topological polar surface area (TPSA) is 92.3 Å². The maximum absolute atomic E-state index is 13.6. The van der Waals surface area contributed by atoms with E-state index in [0.717, 1.165) is 15.1 Å². The first kappa shape index (κ1) is 21.4. The van der Waals surface area contributed by atoms with E-state index in [4.69, 9.17) is 9.47 Å². The van der Waals surface area contributed by atoms with Crippen molar-refractivity contribution in [1.82, 2.24) is 9.88 Å². The molecule has 0 aliphatic carbocycles. The van der Waals surface area contributed by atoms with Gasteiger partial charge in [-0.05, 0) is 32.3 Å². The van der Waals surface area contributed by atoms with Crippen LogP contribution in [0, 0.1) is 0 Å². The number of thiazole rings is 1. The molecular formula is C23H22N4O5S. The van der Waals surface area contributed by atoms with Crippen LogP contribution in [0.25, 0.3) is 10.2 Å². The van der Waals surface area contributed by atoms with Gasteiger partial charge in [-0.25, -0.2) is 4.98 Å². The van der Waals surface area contributed by atoms with Crippen LogP contribution in [0.1, 0.15) is 23.2 Å². The number of likely N-dealkylation sites (N-methyl/N-ethyl adjacent to an activating group) is 1. The smallest absolute Gasteiger partial charge is 0.260 e. The second kappa shape index (κ2) is 8.45. The number of amides is 3. The van der Waals surface area contributed by atoms with E-state index in [1.165, 1.54) is 11.3 Å². The monoisotopic (exact) mass is 466 g/mol. The summed E-state index contributed by atoms with van der Waals surface area (Å²) >= 11 is 1.40. The number of nitrogens with zero attached hydrogens (tertiary/aromatic N) is 4. The zero-order chi connectivity index (χ0) is 23.1. The van der Waals surface area contributed by atoms with E-state index in [9.17, 15) is 14.4 Å². The number of carbonyl (C=O) groups excluding carboxylic acids is 3. The summed E-state index contributed by atoms with van der Waals surface area (Å²) in [6, 6.07) is 10.3. The number of hydrogen-bond acceptors (Lipinski definition) is 8. The molecule has 2 aliphatic rings. The van der Waals surface area contributed by atoms with Gasteiger partial charge in [0, 0.05) is 43.6 Å². The maximum Gasteiger partial charge on any atom is 0.260 e. The Morgan fingerprint density at radius 3 is 2.52 bits per heavy atom. The first-order valence-corrected chi connectivity index (χ1v) is 11.3. The van der Waals surface area contributed by atoms with Gasteiger partial charge >= 0.3 is 0 Å². The summed E-state index contributed by atoms with van der Waals surface area (Å²) in [5, 5.41) is 0.555. The summed E-state index contributed by atoms with van der Waals surface area (Å²) in [7, 11) is 3.87. The third kappa shape index (κ3) is 4.03. The second-order valence-electron chi connectivity index (χ2n) is 8.10. The number of carbonyl (C=O) groups is 3. The quantitative estimate of drug-likeness (QED) is 0.516. The number of ether oxygens (including phenoxy) is 2. The Labute approximate surface area is 194 Å². The Morgan fingerprint density at radius 2 is 1.79 bits per heavy atom. The predicted octanol–water partition coefficient (Wildman–Crippen LogP) is 2.89. The molecule has 10 heteroatoms. The Bertz CT molecular complexity index is 1210. The molecule has 1 aromatic heterocycles. The highest BCUT2D eigenvalue weighted by Crippen LogP contribution is 2.40. The van der Waals surface area contributed by atoms with Gasteiger partial charge in [0.2, 0.25) is 18.6 Å². The van der Waals surface area contributed by atoms with Gasteiger partial charge in [0.1, 0.15) is 0 Å². The third-order valence-corrected chi connectivity index (χ3v) is 6.56. The minimum Gasteiger partial charge on any atom is -0.454 e. The molecule has 0 atom stereocenters. The van der Waals surface area contributed by atoms with Crippen molar-refractivity contribution in [2.24, 2.45) is 0 Å². The molecule has 9 nitrogen and oxygen atoms in total. The van der Waals surface area contributed by atoms with E-state index in [-0.39, 0.29) is 37.4 Å². The van der Waals surface area contributed by atoms with Crippen LogP contribution in [0.3, 0.4) is 0 Å². The molecule has 0 N–H and O–H groups in total.